The van der Waals surface area contributed by atoms with E-state index in [1.807, 2.05) is 0 Å². The second kappa shape index (κ2) is 5.54. The maximum absolute atomic E-state index is 8.80. The summed E-state index contributed by atoms with van der Waals surface area (Å²) in [6.45, 7) is 9.46. The average molecular weight is 190 g/mol. The van der Waals surface area contributed by atoms with Crippen LogP contribution >= 0.6 is 0 Å². The Morgan fingerprint density at radius 1 is 1.31 bits per heavy atom. The van der Waals surface area contributed by atoms with Crippen LogP contribution < -0.4 is 15.5 Å². The zero-order valence-corrected chi connectivity index (χ0v) is 8.68. The second-order valence-electron chi connectivity index (χ2n) is 4.07. The lowest BCUT2D eigenvalue weighted by atomic mass is 10.2. The van der Waals surface area contributed by atoms with Crippen molar-refractivity contribution in [2.24, 2.45) is 0 Å². The Bertz CT molecular complexity index is 135. The fraction of sp³-hybridized carbons (Fsp3) is 1.00. The largest absolute Gasteiger partial charge is 0.391 e. The van der Waals surface area contributed by atoms with Crippen molar-refractivity contribution >= 4 is 0 Å². The lowest BCUT2D eigenvalue weighted by molar-refractivity contribution is -1.02. The van der Waals surface area contributed by atoms with Gasteiger partial charge in [0, 0.05) is 0 Å². The summed E-state index contributed by atoms with van der Waals surface area (Å²) < 4.78 is 0. The molecule has 1 aliphatic heterocycles. The van der Waals surface area contributed by atoms with E-state index in [-0.39, 0.29) is 0 Å². The predicted octanol–water partition coefficient (Wildman–Crippen LogP) is -4.61. The maximum Gasteiger partial charge on any atom is 0.134 e. The van der Waals surface area contributed by atoms with Gasteiger partial charge in [0.1, 0.15) is 45.3 Å². The molecule has 0 aliphatic carbocycles. The molecule has 1 fully saturated rings. The van der Waals surface area contributed by atoms with Gasteiger partial charge in [-0.25, -0.2) is 0 Å². The summed E-state index contributed by atoms with van der Waals surface area (Å²) in [5, 5.41) is 8.80. The number of rotatable bonds is 4. The van der Waals surface area contributed by atoms with Gasteiger partial charge in [0.25, 0.3) is 0 Å². The number of aliphatic hydroxyl groups is 1. The zero-order chi connectivity index (χ0) is 9.68. The molecule has 0 aromatic heterocycles. The number of quaternary nitrogens is 3. The summed E-state index contributed by atoms with van der Waals surface area (Å²) in [5.41, 5.74) is 3.95. The van der Waals surface area contributed by atoms with Crippen molar-refractivity contribution in [1.82, 2.24) is 0 Å². The molecule has 0 amide bonds. The van der Waals surface area contributed by atoms with Gasteiger partial charge < -0.3 is 20.6 Å². The molecule has 1 saturated heterocycles. The summed E-state index contributed by atoms with van der Waals surface area (Å²) in [7, 11) is 0. The van der Waals surface area contributed by atoms with Crippen LogP contribution in [0.25, 0.3) is 0 Å². The van der Waals surface area contributed by atoms with Crippen molar-refractivity contribution < 1.29 is 20.6 Å². The number of piperazine rings is 1. The topological polar surface area (TPSA) is 56.8 Å². The normalized spacial score (nSPS) is 31.6. The third kappa shape index (κ3) is 3.23. The number of nitrogens with one attached hydrogen (secondary N) is 2. The molecule has 6 N–H and O–H groups in total. The molecular weight excluding hydrogens is 166 g/mol. The van der Waals surface area contributed by atoms with E-state index in [1.165, 1.54) is 26.2 Å². The molecule has 0 aromatic rings. The van der Waals surface area contributed by atoms with Gasteiger partial charge in [-0.15, -0.1) is 0 Å². The van der Waals surface area contributed by atoms with E-state index < -0.39 is 0 Å². The van der Waals surface area contributed by atoms with Gasteiger partial charge in [0.05, 0.1) is 6.61 Å². The molecule has 0 spiro atoms. The van der Waals surface area contributed by atoms with Gasteiger partial charge in [0.15, 0.2) is 0 Å². The third-order valence-corrected chi connectivity index (χ3v) is 3.19. The summed E-state index contributed by atoms with van der Waals surface area (Å²) in [4.78, 5) is 3.25. The fourth-order valence-electron chi connectivity index (χ4n) is 2.03. The van der Waals surface area contributed by atoms with Gasteiger partial charge >= 0.3 is 0 Å². The minimum atomic E-state index is 0.329. The van der Waals surface area contributed by atoms with Gasteiger partial charge in [-0.1, -0.05) is 0 Å². The molecule has 0 bridgehead atoms. The Morgan fingerprint density at radius 3 is 2.38 bits per heavy atom. The summed E-state index contributed by atoms with van der Waals surface area (Å²) in [6, 6.07) is 0.704. The minimum absolute atomic E-state index is 0.329. The molecule has 4 heteroatoms. The van der Waals surface area contributed by atoms with E-state index in [2.05, 4.69) is 12.7 Å². The molecule has 1 aliphatic rings. The van der Waals surface area contributed by atoms with E-state index in [4.69, 9.17) is 5.11 Å². The minimum Gasteiger partial charge on any atom is -0.391 e. The van der Waals surface area contributed by atoms with Crippen LogP contribution in [0.15, 0.2) is 0 Å². The van der Waals surface area contributed by atoms with Crippen LogP contribution in [0.1, 0.15) is 6.92 Å². The van der Waals surface area contributed by atoms with Crippen molar-refractivity contribution in [1.29, 1.82) is 0 Å². The smallest absolute Gasteiger partial charge is 0.134 e. The fourth-order valence-corrected chi connectivity index (χ4v) is 2.03. The number of hydrogen-bond donors (Lipinski definition) is 4. The van der Waals surface area contributed by atoms with Crippen LogP contribution in [0.4, 0.5) is 0 Å². The highest BCUT2D eigenvalue weighted by Crippen LogP contribution is 1.68. The maximum atomic E-state index is 8.80. The lowest BCUT2D eigenvalue weighted by Crippen LogP contribution is -3.30. The highest BCUT2D eigenvalue weighted by atomic mass is 16.3. The predicted molar refractivity (Wildman–Crippen MR) is 50.6 cm³/mol. The Kier molecular flexibility index (Phi) is 4.66. The molecule has 1 atom stereocenters. The standard InChI is InChI=1S/C9H21N3O/c1-9(8-10)12-4-2-11(3-5-12)6-7-13/h9,13H,2-8,10H2,1H3/p+3/t9-/m1/s1. The molecule has 1 rings (SSSR count). The Hall–Kier alpha value is -0.160. The van der Waals surface area contributed by atoms with Crippen molar-refractivity contribution in [2.75, 3.05) is 45.9 Å². The molecule has 13 heavy (non-hydrogen) atoms. The quantitative estimate of drug-likeness (QED) is 0.354. The zero-order valence-electron chi connectivity index (χ0n) is 8.68. The molecule has 0 radical (unpaired) electrons. The monoisotopic (exact) mass is 190 g/mol. The van der Waals surface area contributed by atoms with Gasteiger partial charge in [0.2, 0.25) is 0 Å². The molecular formula is C9H24N3O+3. The van der Waals surface area contributed by atoms with Crippen molar-refractivity contribution in [3.8, 4) is 0 Å². The van der Waals surface area contributed by atoms with Crippen LogP contribution in [-0.2, 0) is 0 Å². The molecule has 0 aromatic carbocycles. The second-order valence-corrected chi connectivity index (χ2v) is 4.07. The van der Waals surface area contributed by atoms with E-state index in [0.29, 0.717) is 12.6 Å². The SMILES string of the molecule is C[C@H](C[NH3+])[NH+]1CC[NH+](CCO)CC1. The third-order valence-electron chi connectivity index (χ3n) is 3.19. The van der Waals surface area contributed by atoms with Crippen LogP contribution in [-0.4, -0.2) is 57.0 Å². The first-order chi connectivity index (χ1) is 6.27. The van der Waals surface area contributed by atoms with E-state index in [0.717, 1.165) is 13.1 Å². The summed E-state index contributed by atoms with van der Waals surface area (Å²) in [6.07, 6.45) is 0. The highest BCUT2D eigenvalue weighted by molar-refractivity contribution is 4.45. The van der Waals surface area contributed by atoms with E-state index in [1.54, 1.807) is 9.80 Å². The average Bonchev–Trinajstić information content (AvgIpc) is 2.18. The van der Waals surface area contributed by atoms with E-state index in [9.17, 15) is 0 Å². The Balaban J connectivity index is 2.22. The molecule has 0 unspecified atom stereocenters. The van der Waals surface area contributed by atoms with Crippen LogP contribution in [0.3, 0.4) is 0 Å². The first-order valence-corrected chi connectivity index (χ1v) is 5.36. The van der Waals surface area contributed by atoms with Crippen molar-refractivity contribution in [2.45, 2.75) is 13.0 Å². The first-order valence-electron chi connectivity index (χ1n) is 5.36. The van der Waals surface area contributed by atoms with Gasteiger partial charge in [-0.3, -0.25) is 0 Å². The summed E-state index contributed by atoms with van der Waals surface area (Å²) in [5.74, 6) is 0. The van der Waals surface area contributed by atoms with Crippen molar-refractivity contribution in [3.05, 3.63) is 0 Å². The molecule has 78 valence electrons. The van der Waals surface area contributed by atoms with Crippen LogP contribution in [0, 0.1) is 0 Å². The molecule has 1 heterocycles. The Morgan fingerprint density at radius 2 is 1.92 bits per heavy atom. The first kappa shape index (κ1) is 10.9. The lowest BCUT2D eigenvalue weighted by Gasteiger charge is -2.31. The van der Waals surface area contributed by atoms with Gasteiger partial charge in [-0.05, 0) is 6.92 Å². The van der Waals surface area contributed by atoms with E-state index >= 15 is 0 Å². The van der Waals surface area contributed by atoms with Gasteiger partial charge in [-0.2, -0.15) is 0 Å². The number of hydrogen-bond acceptors (Lipinski definition) is 1. The van der Waals surface area contributed by atoms with Crippen LogP contribution in [0.2, 0.25) is 0 Å². The highest BCUT2D eigenvalue weighted by Gasteiger charge is 2.26. The number of aliphatic hydroxyl groups excluding tert-OH is 1. The Labute approximate surface area is 80.3 Å². The molecule has 4 nitrogen and oxygen atoms in total. The summed E-state index contributed by atoms with van der Waals surface area (Å²) >= 11 is 0. The van der Waals surface area contributed by atoms with Crippen molar-refractivity contribution in [3.63, 3.8) is 0 Å². The van der Waals surface area contributed by atoms with Crippen LogP contribution in [0.5, 0.6) is 0 Å². The molecule has 0 saturated carbocycles.